The van der Waals surface area contributed by atoms with E-state index in [1.165, 1.54) is 0 Å². The quantitative estimate of drug-likeness (QED) is 0.847. The molecule has 1 aromatic carbocycles. The molecular formula is C17H25NO3. The lowest BCUT2D eigenvalue weighted by Gasteiger charge is -2.38. The predicted octanol–water partition coefficient (Wildman–Crippen LogP) is 2.93. The van der Waals surface area contributed by atoms with Crippen LogP contribution in [0.25, 0.3) is 0 Å². The number of amides is 1. The van der Waals surface area contributed by atoms with Gasteiger partial charge in [0.15, 0.2) is 0 Å². The van der Waals surface area contributed by atoms with Crippen LogP contribution in [-0.4, -0.2) is 22.5 Å². The Hall–Kier alpha value is -1.84. The van der Waals surface area contributed by atoms with Gasteiger partial charge in [-0.25, -0.2) is 0 Å². The first-order valence-electron chi connectivity index (χ1n) is 7.17. The molecule has 0 atom stereocenters. The summed E-state index contributed by atoms with van der Waals surface area (Å²) in [5.41, 5.74) is 0.450. The topological polar surface area (TPSA) is 66.4 Å². The first-order chi connectivity index (χ1) is 9.58. The van der Waals surface area contributed by atoms with Crippen LogP contribution in [0.2, 0.25) is 0 Å². The van der Waals surface area contributed by atoms with Crippen LogP contribution in [0, 0.1) is 12.3 Å². The molecule has 0 fully saturated rings. The standard InChI is InChI=1S/C17H25NO3/c1-12-8-6-7-9-13(12)10-11-14(19)18-17(4,5)16(2,3)15(20)21/h6-9H,10-11H2,1-5H3,(H,18,19)(H,20,21). The molecule has 0 aliphatic rings. The van der Waals surface area contributed by atoms with Gasteiger partial charge >= 0.3 is 5.97 Å². The van der Waals surface area contributed by atoms with Crippen LogP contribution in [0.1, 0.15) is 45.2 Å². The molecular weight excluding hydrogens is 266 g/mol. The van der Waals surface area contributed by atoms with Gasteiger partial charge < -0.3 is 10.4 Å². The van der Waals surface area contributed by atoms with Crippen molar-refractivity contribution in [2.45, 2.75) is 53.0 Å². The van der Waals surface area contributed by atoms with Gasteiger partial charge in [-0.15, -0.1) is 0 Å². The summed E-state index contributed by atoms with van der Waals surface area (Å²) in [5, 5.41) is 12.1. The van der Waals surface area contributed by atoms with E-state index in [1.807, 2.05) is 31.2 Å². The average Bonchev–Trinajstić information content (AvgIpc) is 2.36. The lowest BCUT2D eigenvalue weighted by molar-refractivity contribution is -0.151. The van der Waals surface area contributed by atoms with Crippen LogP contribution < -0.4 is 5.32 Å². The molecule has 2 N–H and O–H groups in total. The Balaban J connectivity index is 2.66. The first-order valence-corrected chi connectivity index (χ1v) is 7.17. The van der Waals surface area contributed by atoms with Crippen molar-refractivity contribution in [2.75, 3.05) is 0 Å². The minimum absolute atomic E-state index is 0.127. The molecule has 4 heteroatoms. The smallest absolute Gasteiger partial charge is 0.311 e. The lowest BCUT2D eigenvalue weighted by Crippen LogP contribution is -2.57. The van der Waals surface area contributed by atoms with Gasteiger partial charge in [-0.05, 0) is 52.2 Å². The molecule has 0 bridgehead atoms. The Morgan fingerprint density at radius 1 is 1.14 bits per heavy atom. The maximum absolute atomic E-state index is 12.1. The molecule has 4 nitrogen and oxygen atoms in total. The average molecular weight is 291 g/mol. The molecule has 0 heterocycles. The third kappa shape index (κ3) is 4.06. The fourth-order valence-electron chi connectivity index (χ4n) is 1.97. The van der Waals surface area contributed by atoms with Crippen molar-refractivity contribution in [3.05, 3.63) is 35.4 Å². The SMILES string of the molecule is Cc1ccccc1CCC(=O)NC(C)(C)C(C)(C)C(=O)O. The summed E-state index contributed by atoms with van der Waals surface area (Å²) in [7, 11) is 0. The fraction of sp³-hybridized carbons (Fsp3) is 0.529. The Kier molecular flexibility index (Phi) is 5.15. The molecule has 1 rings (SSSR count). The third-order valence-corrected chi connectivity index (χ3v) is 4.43. The first kappa shape index (κ1) is 17.2. The minimum Gasteiger partial charge on any atom is -0.481 e. The van der Waals surface area contributed by atoms with Gasteiger partial charge in [-0.1, -0.05) is 24.3 Å². The highest BCUT2D eigenvalue weighted by Gasteiger charge is 2.44. The fourth-order valence-corrected chi connectivity index (χ4v) is 1.97. The normalized spacial score (nSPS) is 12.0. The van der Waals surface area contributed by atoms with Crippen LogP contribution in [0.5, 0.6) is 0 Å². The molecule has 0 saturated carbocycles. The van der Waals surface area contributed by atoms with E-state index >= 15 is 0 Å². The third-order valence-electron chi connectivity index (χ3n) is 4.43. The maximum Gasteiger partial charge on any atom is 0.311 e. The summed E-state index contributed by atoms with van der Waals surface area (Å²) in [6.07, 6.45) is 1.01. The summed E-state index contributed by atoms with van der Waals surface area (Å²) < 4.78 is 0. The number of carbonyl (C=O) groups is 2. The summed E-state index contributed by atoms with van der Waals surface area (Å²) in [6, 6.07) is 7.95. The van der Waals surface area contributed by atoms with Gasteiger partial charge in [-0.3, -0.25) is 9.59 Å². The number of benzene rings is 1. The number of aliphatic carboxylic acids is 1. The molecule has 0 unspecified atom stereocenters. The monoisotopic (exact) mass is 291 g/mol. The van der Waals surface area contributed by atoms with Crippen molar-refractivity contribution in [3.63, 3.8) is 0 Å². The van der Waals surface area contributed by atoms with Gasteiger partial charge in [0.1, 0.15) is 0 Å². The number of hydrogen-bond donors (Lipinski definition) is 2. The van der Waals surface area contributed by atoms with Gasteiger partial charge in [-0.2, -0.15) is 0 Å². The van der Waals surface area contributed by atoms with Crippen molar-refractivity contribution in [2.24, 2.45) is 5.41 Å². The number of nitrogens with one attached hydrogen (secondary N) is 1. The number of carboxylic acid groups (broad SMARTS) is 1. The highest BCUT2D eigenvalue weighted by molar-refractivity contribution is 5.80. The molecule has 1 aromatic rings. The molecule has 0 saturated heterocycles. The molecule has 0 radical (unpaired) electrons. The van der Waals surface area contributed by atoms with Crippen molar-refractivity contribution in [1.29, 1.82) is 0 Å². The van der Waals surface area contributed by atoms with E-state index in [1.54, 1.807) is 27.7 Å². The molecule has 0 aliphatic carbocycles. The highest BCUT2D eigenvalue weighted by atomic mass is 16.4. The summed E-state index contributed by atoms with van der Waals surface area (Å²) in [4.78, 5) is 23.4. The van der Waals surface area contributed by atoms with E-state index in [0.717, 1.165) is 11.1 Å². The van der Waals surface area contributed by atoms with Crippen molar-refractivity contribution in [1.82, 2.24) is 5.32 Å². The zero-order chi connectivity index (χ0) is 16.3. The van der Waals surface area contributed by atoms with E-state index < -0.39 is 16.9 Å². The molecule has 0 aromatic heterocycles. The van der Waals surface area contributed by atoms with E-state index in [4.69, 9.17) is 0 Å². The largest absolute Gasteiger partial charge is 0.481 e. The van der Waals surface area contributed by atoms with Crippen molar-refractivity contribution in [3.8, 4) is 0 Å². The van der Waals surface area contributed by atoms with Crippen LogP contribution in [-0.2, 0) is 16.0 Å². The Labute approximate surface area is 126 Å². The summed E-state index contributed by atoms with van der Waals surface area (Å²) in [5.74, 6) is -1.05. The van der Waals surface area contributed by atoms with E-state index in [2.05, 4.69) is 5.32 Å². The van der Waals surface area contributed by atoms with Gasteiger partial charge in [0.2, 0.25) is 5.91 Å². The molecule has 21 heavy (non-hydrogen) atoms. The molecule has 0 spiro atoms. The maximum atomic E-state index is 12.1. The molecule has 116 valence electrons. The van der Waals surface area contributed by atoms with Crippen molar-refractivity contribution < 1.29 is 14.7 Å². The number of carbonyl (C=O) groups excluding carboxylic acids is 1. The predicted molar refractivity (Wildman–Crippen MR) is 83.1 cm³/mol. The molecule has 0 aliphatic heterocycles. The van der Waals surface area contributed by atoms with Crippen molar-refractivity contribution >= 4 is 11.9 Å². The van der Waals surface area contributed by atoms with Crippen LogP contribution >= 0.6 is 0 Å². The minimum atomic E-state index is -1.04. The summed E-state index contributed by atoms with van der Waals surface area (Å²) >= 11 is 0. The molecule has 1 amide bonds. The highest BCUT2D eigenvalue weighted by Crippen LogP contribution is 2.30. The zero-order valence-corrected chi connectivity index (χ0v) is 13.5. The van der Waals surface area contributed by atoms with Crippen LogP contribution in [0.3, 0.4) is 0 Å². The Morgan fingerprint density at radius 2 is 1.71 bits per heavy atom. The number of aryl methyl sites for hydroxylation is 2. The van der Waals surface area contributed by atoms with Crippen LogP contribution in [0.4, 0.5) is 0 Å². The number of hydrogen-bond acceptors (Lipinski definition) is 2. The second kappa shape index (κ2) is 6.29. The van der Waals surface area contributed by atoms with E-state index in [0.29, 0.717) is 12.8 Å². The lowest BCUT2D eigenvalue weighted by atomic mass is 9.74. The second-order valence-electron chi connectivity index (χ2n) is 6.53. The second-order valence-corrected chi connectivity index (χ2v) is 6.53. The van der Waals surface area contributed by atoms with Gasteiger partial charge in [0.05, 0.1) is 5.41 Å². The number of carboxylic acids is 1. The summed E-state index contributed by atoms with van der Waals surface area (Å²) in [6.45, 7) is 8.75. The number of rotatable bonds is 6. The Bertz CT molecular complexity index is 533. The zero-order valence-electron chi connectivity index (χ0n) is 13.5. The Morgan fingerprint density at radius 3 is 2.24 bits per heavy atom. The van der Waals surface area contributed by atoms with Gasteiger partial charge in [0, 0.05) is 12.0 Å². The van der Waals surface area contributed by atoms with E-state index in [9.17, 15) is 14.7 Å². The van der Waals surface area contributed by atoms with Crippen LogP contribution in [0.15, 0.2) is 24.3 Å². The van der Waals surface area contributed by atoms with Gasteiger partial charge in [0.25, 0.3) is 0 Å². The van der Waals surface area contributed by atoms with E-state index in [-0.39, 0.29) is 5.91 Å².